The largest absolute Gasteiger partial charge is 0.337 e. The number of allylic oxidation sites excluding steroid dienone is 2. The molecule has 2 atom stereocenters. The van der Waals surface area contributed by atoms with Gasteiger partial charge in [-0.15, -0.1) is 0 Å². The van der Waals surface area contributed by atoms with E-state index in [0.29, 0.717) is 11.8 Å². The third kappa shape index (κ3) is 2.49. The Hall–Kier alpha value is -1.65. The minimum atomic E-state index is 0.00315. The number of carbonyl (C=O) groups excluding carboxylic acids is 1. The number of amides is 1. The van der Waals surface area contributed by atoms with Gasteiger partial charge in [-0.05, 0) is 44.9 Å². The third-order valence-electron chi connectivity index (χ3n) is 4.84. The molecule has 1 aliphatic heterocycles. The standard InChI is InChI=1S/C16H21N3O2/c20-16(12-5-2-1-3-6-12)19-10-4-7-13(19)15-17-14(18-21-15)11-8-9-11/h1-2,11-13H,3-10H2. The van der Waals surface area contributed by atoms with Crippen LogP contribution in [0.3, 0.4) is 0 Å². The van der Waals surface area contributed by atoms with Crippen LogP contribution in [0.25, 0.3) is 0 Å². The lowest BCUT2D eigenvalue weighted by molar-refractivity contribution is -0.137. The van der Waals surface area contributed by atoms with Gasteiger partial charge in [0.1, 0.15) is 6.04 Å². The van der Waals surface area contributed by atoms with E-state index in [2.05, 4.69) is 22.3 Å². The van der Waals surface area contributed by atoms with Crippen molar-refractivity contribution >= 4 is 5.91 Å². The van der Waals surface area contributed by atoms with Crippen LogP contribution in [0.4, 0.5) is 0 Å². The monoisotopic (exact) mass is 287 g/mol. The molecule has 1 amide bonds. The Kier molecular flexibility index (Phi) is 3.28. The first-order chi connectivity index (χ1) is 10.3. The van der Waals surface area contributed by atoms with E-state index in [9.17, 15) is 4.79 Å². The molecular formula is C16H21N3O2. The van der Waals surface area contributed by atoms with Crippen molar-refractivity contribution < 1.29 is 9.32 Å². The van der Waals surface area contributed by atoms with Gasteiger partial charge in [0.05, 0.1) is 0 Å². The van der Waals surface area contributed by atoms with Crippen molar-refractivity contribution in [2.45, 2.75) is 56.9 Å². The van der Waals surface area contributed by atoms with Crippen LogP contribution in [0.2, 0.25) is 0 Å². The Balaban J connectivity index is 1.50. The van der Waals surface area contributed by atoms with Gasteiger partial charge in [-0.1, -0.05) is 17.3 Å². The number of hydrogen-bond acceptors (Lipinski definition) is 4. The van der Waals surface area contributed by atoms with Gasteiger partial charge in [0.15, 0.2) is 5.82 Å². The van der Waals surface area contributed by atoms with Crippen LogP contribution >= 0.6 is 0 Å². The second-order valence-corrected chi connectivity index (χ2v) is 6.44. The van der Waals surface area contributed by atoms with Gasteiger partial charge in [0.2, 0.25) is 11.8 Å². The molecule has 1 saturated heterocycles. The van der Waals surface area contributed by atoms with Crippen LogP contribution in [0.5, 0.6) is 0 Å². The molecule has 2 aliphatic carbocycles. The summed E-state index contributed by atoms with van der Waals surface area (Å²) in [6.07, 6.45) is 11.5. The maximum Gasteiger partial charge on any atom is 0.249 e. The summed E-state index contributed by atoms with van der Waals surface area (Å²) in [6, 6.07) is 0.00315. The highest BCUT2D eigenvalue weighted by Crippen LogP contribution is 2.40. The van der Waals surface area contributed by atoms with Crippen molar-refractivity contribution in [3.8, 4) is 0 Å². The van der Waals surface area contributed by atoms with Crippen molar-refractivity contribution in [3.05, 3.63) is 23.9 Å². The Morgan fingerprint density at radius 3 is 2.90 bits per heavy atom. The first kappa shape index (κ1) is 13.0. The minimum absolute atomic E-state index is 0.00315. The Labute approximate surface area is 124 Å². The van der Waals surface area contributed by atoms with Crippen LogP contribution < -0.4 is 0 Å². The summed E-state index contributed by atoms with van der Waals surface area (Å²) in [5, 5.41) is 4.09. The minimum Gasteiger partial charge on any atom is -0.337 e. The maximum absolute atomic E-state index is 12.7. The molecule has 2 heterocycles. The average molecular weight is 287 g/mol. The maximum atomic E-state index is 12.7. The molecule has 0 bridgehead atoms. The fraction of sp³-hybridized carbons (Fsp3) is 0.688. The van der Waals surface area contributed by atoms with Crippen LogP contribution in [-0.2, 0) is 4.79 Å². The highest BCUT2D eigenvalue weighted by molar-refractivity contribution is 5.79. The van der Waals surface area contributed by atoms with Gasteiger partial charge in [-0.2, -0.15) is 4.98 Å². The Bertz CT molecular complexity index is 562. The van der Waals surface area contributed by atoms with Crippen molar-refractivity contribution in [2.75, 3.05) is 6.54 Å². The van der Waals surface area contributed by atoms with E-state index in [0.717, 1.165) is 44.5 Å². The van der Waals surface area contributed by atoms with Crippen molar-refractivity contribution in [1.82, 2.24) is 15.0 Å². The van der Waals surface area contributed by atoms with E-state index in [4.69, 9.17) is 4.52 Å². The number of nitrogens with zero attached hydrogens (tertiary/aromatic N) is 3. The molecule has 4 rings (SSSR count). The van der Waals surface area contributed by atoms with Gasteiger partial charge >= 0.3 is 0 Å². The molecule has 0 aromatic carbocycles. The fourth-order valence-electron chi connectivity index (χ4n) is 3.43. The molecule has 5 nitrogen and oxygen atoms in total. The van der Waals surface area contributed by atoms with Crippen molar-refractivity contribution in [1.29, 1.82) is 0 Å². The van der Waals surface area contributed by atoms with Gasteiger partial charge in [0.25, 0.3) is 0 Å². The Morgan fingerprint density at radius 2 is 2.14 bits per heavy atom. The normalized spacial score (nSPS) is 29.0. The van der Waals surface area contributed by atoms with E-state index in [1.807, 2.05) is 4.90 Å². The van der Waals surface area contributed by atoms with E-state index < -0.39 is 0 Å². The van der Waals surface area contributed by atoms with Crippen molar-refractivity contribution in [3.63, 3.8) is 0 Å². The second kappa shape index (κ2) is 5.28. The second-order valence-electron chi connectivity index (χ2n) is 6.44. The molecule has 0 radical (unpaired) electrons. The van der Waals surface area contributed by atoms with Crippen LogP contribution in [0.1, 0.15) is 68.6 Å². The van der Waals surface area contributed by atoms with Gasteiger partial charge in [0, 0.05) is 18.4 Å². The predicted octanol–water partition coefficient (Wildman–Crippen LogP) is 2.97. The number of rotatable bonds is 3. The van der Waals surface area contributed by atoms with Crippen LogP contribution in [0, 0.1) is 5.92 Å². The zero-order chi connectivity index (χ0) is 14.2. The molecule has 112 valence electrons. The summed E-state index contributed by atoms with van der Waals surface area (Å²) in [5.74, 6) is 2.39. The third-order valence-corrected chi connectivity index (χ3v) is 4.84. The number of likely N-dealkylation sites (tertiary alicyclic amines) is 1. The lowest BCUT2D eigenvalue weighted by Crippen LogP contribution is -2.36. The highest BCUT2D eigenvalue weighted by atomic mass is 16.5. The lowest BCUT2D eigenvalue weighted by Gasteiger charge is -2.27. The molecule has 1 saturated carbocycles. The summed E-state index contributed by atoms with van der Waals surface area (Å²) >= 11 is 0. The molecule has 0 N–H and O–H groups in total. The molecule has 5 heteroatoms. The average Bonchev–Trinajstić information content (AvgIpc) is 3.07. The summed E-state index contributed by atoms with van der Waals surface area (Å²) in [5.41, 5.74) is 0. The van der Waals surface area contributed by atoms with E-state index in [1.54, 1.807) is 0 Å². The lowest BCUT2D eigenvalue weighted by atomic mass is 9.93. The zero-order valence-corrected chi connectivity index (χ0v) is 12.2. The topological polar surface area (TPSA) is 59.2 Å². The molecule has 0 spiro atoms. The number of aromatic nitrogens is 2. The highest BCUT2D eigenvalue weighted by Gasteiger charge is 2.38. The summed E-state index contributed by atoms with van der Waals surface area (Å²) in [7, 11) is 0. The summed E-state index contributed by atoms with van der Waals surface area (Å²) < 4.78 is 5.45. The Morgan fingerprint density at radius 1 is 1.24 bits per heavy atom. The summed E-state index contributed by atoms with van der Waals surface area (Å²) in [6.45, 7) is 0.824. The van der Waals surface area contributed by atoms with Crippen LogP contribution in [0.15, 0.2) is 16.7 Å². The smallest absolute Gasteiger partial charge is 0.249 e. The van der Waals surface area contributed by atoms with Gasteiger partial charge < -0.3 is 9.42 Å². The van der Waals surface area contributed by atoms with E-state index >= 15 is 0 Å². The van der Waals surface area contributed by atoms with Crippen molar-refractivity contribution in [2.24, 2.45) is 5.92 Å². The van der Waals surface area contributed by atoms with Gasteiger partial charge in [-0.3, -0.25) is 4.79 Å². The molecular weight excluding hydrogens is 266 g/mol. The first-order valence-electron chi connectivity index (χ1n) is 8.12. The number of carbonyl (C=O) groups is 1. The molecule has 2 fully saturated rings. The fourth-order valence-corrected chi connectivity index (χ4v) is 3.43. The van der Waals surface area contributed by atoms with Crippen LogP contribution in [-0.4, -0.2) is 27.5 Å². The quantitative estimate of drug-likeness (QED) is 0.802. The SMILES string of the molecule is O=C(C1CC=CCC1)N1CCCC1c1nc(C2CC2)no1. The first-order valence-corrected chi connectivity index (χ1v) is 8.12. The molecule has 21 heavy (non-hydrogen) atoms. The zero-order valence-electron chi connectivity index (χ0n) is 12.2. The molecule has 2 unspecified atom stereocenters. The molecule has 1 aromatic heterocycles. The summed E-state index contributed by atoms with van der Waals surface area (Å²) in [4.78, 5) is 19.3. The van der Waals surface area contributed by atoms with E-state index in [-0.39, 0.29) is 17.9 Å². The van der Waals surface area contributed by atoms with E-state index in [1.165, 1.54) is 12.8 Å². The molecule has 3 aliphatic rings. The van der Waals surface area contributed by atoms with Gasteiger partial charge in [-0.25, -0.2) is 0 Å². The molecule has 1 aromatic rings. The number of hydrogen-bond donors (Lipinski definition) is 0. The predicted molar refractivity (Wildman–Crippen MR) is 76.4 cm³/mol.